The molecule has 42 valence electrons. The zero-order valence-electron chi connectivity index (χ0n) is 3.80. The highest BCUT2D eigenvalue weighted by atomic mass is 79.9. The first-order valence-electron chi connectivity index (χ1n) is 1.89. The van der Waals surface area contributed by atoms with Crippen LogP contribution in [0.15, 0.2) is 15.3 Å². The normalized spacial score (nSPS) is 9.12. The van der Waals surface area contributed by atoms with Gasteiger partial charge in [0, 0.05) is 0 Å². The first-order chi connectivity index (χ1) is 3.84. The second kappa shape index (κ2) is 2.09. The van der Waals surface area contributed by atoms with Gasteiger partial charge < -0.3 is 4.52 Å². The van der Waals surface area contributed by atoms with Gasteiger partial charge in [0.25, 0.3) is 0 Å². The zero-order chi connectivity index (χ0) is 5.98. The smallest absolute Gasteiger partial charge is 0.173 e. The third-order valence-electron chi connectivity index (χ3n) is 0.664. The maximum atomic E-state index is 9.94. The molecule has 0 aliphatic carbocycles. The highest BCUT2D eigenvalue weighted by Crippen LogP contribution is 2.11. The summed E-state index contributed by atoms with van der Waals surface area (Å²) in [5.41, 5.74) is 0.296. The van der Waals surface area contributed by atoms with Crippen LogP contribution < -0.4 is 0 Å². The summed E-state index contributed by atoms with van der Waals surface area (Å²) in [7, 11) is 0. The van der Waals surface area contributed by atoms with Crippen molar-refractivity contribution in [3.05, 3.63) is 16.4 Å². The zero-order valence-corrected chi connectivity index (χ0v) is 5.38. The lowest BCUT2D eigenvalue weighted by molar-refractivity contribution is 0.111. The van der Waals surface area contributed by atoms with E-state index in [1.807, 2.05) is 0 Å². The van der Waals surface area contributed by atoms with E-state index in [4.69, 9.17) is 0 Å². The summed E-state index contributed by atoms with van der Waals surface area (Å²) in [5.74, 6) is 0. The molecular weight excluding hydrogens is 174 g/mol. The van der Waals surface area contributed by atoms with Crippen molar-refractivity contribution in [2.24, 2.45) is 0 Å². The lowest BCUT2D eigenvalue weighted by atomic mass is 10.5. The number of nitrogens with zero attached hydrogens (tertiary/aromatic N) is 1. The van der Waals surface area contributed by atoms with Gasteiger partial charge in [-0.15, -0.1) is 0 Å². The predicted octanol–water partition coefficient (Wildman–Crippen LogP) is 1.25. The molecule has 0 radical (unpaired) electrons. The molecule has 1 heterocycles. The fraction of sp³-hybridized carbons (Fsp3) is 0. The maximum absolute atomic E-state index is 9.94. The van der Waals surface area contributed by atoms with E-state index in [0.29, 0.717) is 16.5 Å². The van der Waals surface area contributed by atoms with Crippen LogP contribution in [0.25, 0.3) is 0 Å². The molecule has 1 aromatic rings. The molecule has 0 aromatic carbocycles. The van der Waals surface area contributed by atoms with E-state index in [1.54, 1.807) is 0 Å². The Morgan fingerprint density at radius 1 is 1.88 bits per heavy atom. The number of rotatable bonds is 1. The van der Waals surface area contributed by atoms with Gasteiger partial charge in [0.05, 0.1) is 4.47 Å². The first kappa shape index (κ1) is 5.50. The van der Waals surface area contributed by atoms with E-state index in [1.165, 1.54) is 6.26 Å². The molecule has 0 aliphatic heterocycles. The van der Waals surface area contributed by atoms with Crippen LogP contribution in [0, 0.1) is 0 Å². The van der Waals surface area contributed by atoms with E-state index in [0.717, 1.165) is 0 Å². The second-order valence-electron chi connectivity index (χ2n) is 1.17. The Bertz CT molecular complexity index is 196. The average molecular weight is 176 g/mol. The summed E-state index contributed by atoms with van der Waals surface area (Å²) in [6.45, 7) is 0. The van der Waals surface area contributed by atoms with E-state index in [-0.39, 0.29) is 0 Å². The van der Waals surface area contributed by atoms with Crippen molar-refractivity contribution >= 4 is 22.2 Å². The van der Waals surface area contributed by atoms with Crippen LogP contribution in [-0.4, -0.2) is 11.4 Å². The number of aldehydes is 1. The number of carbonyl (C=O) groups excluding carboxylic acids is 1. The lowest BCUT2D eigenvalue weighted by Crippen LogP contribution is -1.75. The third-order valence-corrected chi connectivity index (χ3v) is 1.26. The maximum Gasteiger partial charge on any atom is 0.173 e. The number of hydrogen-bond acceptors (Lipinski definition) is 3. The van der Waals surface area contributed by atoms with Crippen molar-refractivity contribution in [2.45, 2.75) is 0 Å². The standard InChI is InChI=1S/C4H2BrNO2/c5-3-2-8-6-4(3)1-7/h1-2H. The topological polar surface area (TPSA) is 43.1 Å². The van der Waals surface area contributed by atoms with E-state index in [9.17, 15) is 4.79 Å². The van der Waals surface area contributed by atoms with Crippen molar-refractivity contribution in [1.82, 2.24) is 5.16 Å². The molecule has 0 saturated carbocycles. The first-order valence-corrected chi connectivity index (χ1v) is 2.69. The Morgan fingerprint density at radius 2 is 2.62 bits per heavy atom. The minimum absolute atomic E-state index is 0.296. The van der Waals surface area contributed by atoms with Gasteiger partial charge in [-0.3, -0.25) is 4.79 Å². The van der Waals surface area contributed by atoms with Crippen molar-refractivity contribution in [3.8, 4) is 0 Å². The Morgan fingerprint density at radius 3 is 2.88 bits per heavy atom. The molecule has 1 aromatic heterocycles. The summed E-state index contributed by atoms with van der Waals surface area (Å²) < 4.78 is 5.00. The minimum Gasteiger partial charge on any atom is -0.363 e. The van der Waals surface area contributed by atoms with Gasteiger partial charge >= 0.3 is 0 Å². The van der Waals surface area contributed by atoms with Crippen LogP contribution in [0.4, 0.5) is 0 Å². The Kier molecular flexibility index (Phi) is 1.43. The third kappa shape index (κ3) is 0.790. The molecule has 0 N–H and O–H groups in total. The van der Waals surface area contributed by atoms with Crippen molar-refractivity contribution in [2.75, 3.05) is 0 Å². The predicted molar refractivity (Wildman–Crippen MR) is 29.6 cm³/mol. The van der Waals surface area contributed by atoms with E-state index in [2.05, 4.69) is 25.6 Å². The molecule has 0 saturated heterocycles. The Balaban J connectivity index is 3.09. The summed E-state index contributed by atoms with van der Waals surface area (Å²) in [5, 5.41) is 3.34. The van der Waals surface area contributed by atoms with Crippen LogP contribution in [0.2, 0.25) is 0 Å². The molecule has 4 heteroatoms. The highest BCUT2D eigenvalue weighted by molar-refractivity contribution is 9.10. The second-order valence-corrected chi connectivity index (χ2v) is 2.02. The number of halogens is 1. The van der Waals surface area contributed by atoms with Gasteiger partial charge in [-0.1, -0.05) is 5.16 Å². The van der Waals surface area contributed by atoms with E-state index >= 15 is 0 Å². The van der Waals surface area contributed by atoms with Crippen LogP contribution in [0.3, 0.4) is 0 Å². The molecule has 1 rings (SSSR count). The largest absolute Gasteiger partial charge is 0.363 e. The quantitative estimate of drug-likeness (QED) is 0.604. The molecule has 8 heavy (non-hydrogen) atoms. The summed E-state index contributed by atoms with van der Waals surface area (Å²) in [4.78, 5) is 9.94. The van der Waals surface area contributed by atoms with Gasteiger partial charge in [0.1, 0.15) is 6.26 Å². The Labute approximate surface area is 53.8 Å². The molecule has 0 atom stereocenters. The van der Waals surface area contributed by atoms with Crippen LogP contribution in [0.5, 0.6) is 0 Å². The Hall–Kier alpha value is -0.640. The van der Waals surface area contributed by atoms with Crippen molar-refractivity contribution in [3.63, 3.8) is 0 Å². The SMILES string of the molecule is O=Cc1nocc1Br. The van der Waals surface area contributed by atoms with Gasteiger partial charge in [0.2, 0.25) is 0 Å². The minimum atomic E-state index is 0.296. The summed E-state index contributed by atoms with van der Waals surface area (Å²) in [6, 6.07) is 0. The van der Waals surface area contributed by atoms with E-state index < -0.39 is 0 Å². The van der Waals surface area contributed by atoms with Gasteiger partial charge in [-0.05, 0) is 15.9 Å². The van der Waals surface area contributed by atoms with Crippen LogP contribution >= 0.6 is 15.9 Å². The molecule has 0 spiro atoms. The molecule has 0 amide bonds. The number of aromatic nitrogens is 1. The van der Waals surface area contributed by atoms with Crippen LogP contribution in [-0.2, 0) is 0 Å². The molecule has 0 bridgehead atoms. The lowest BCUT2D eigenvalue weighted by Gasteiger charge is -1.71. The molecule has 0 unspecified atom stereocenters. The van der Waals surface area contributed by atoms with Gasteiger partial charge in [0.15, 0.2) is 12.0 Å². The molecule has 0 fully saturated rings. The monoisotopic (exact) mass is 175 g/mol. The summed E-state index contributed by atoms with van der Waals surface area (Å²) >= 11 is 3.04. The average Bonchev–Trinajstić information content (AvgIpc) is 2.14. The fourth-order valence-electron chi connectivity index (χ4n) is 0.311. The van der Waals surface area contributed by atoms with Crippen LogP contribution in [0.1, 0.15) is 10.5 Å². The van der Waals surface area contributed by atoms with Crippen molar-refractivity contribution < 1.29 is 9.32 Å². The molecular formula is C4H2BrNO2. The summed E-state index contributed by atoms with van der Waals surface area (Å²) in [6.07, 6.45) is 1.97. The van der Waals surface area contributed by atoms with Gasteiger partial charge in [-0.2, -0.15) is 0 Å². The number of carbonyl (C=O) groups is 1. The highest BCUT2D eigenvalue weighted by Gasteiger charge is 1.99. The van der Waals surface area contributed by atoms with Crippen molar-refractivity contribution in [1.29, 1.82) is 0 Å². The fourth-order valence-corrected chi connectivity index (χ4v) is 0.561. The van der Waals surface area contributed by atoms with Gasteiger partial charge in [-0.25, -0.2) is 0 Å². The number of hydrogen-bond donors (Lipinski definition) is 0. The molecule has 0 aliphatic rings. The molecule has 3 nitrogen and oxygen atoms in total.